The van der Waals surface area contributed by atoms with Crippen LogP contribution in [0.3, 0.4) is 0 Å². The number of allylic oxidation sites excluding steroid dienone is 4. The normalized spacial score (nSPS) is 28.6. The van der Waals surface area contributed by atoms with E-state index >= 15 is 0 Å². The summed E-state index contributed by atoms with van der Waals surface area (Å²) in [5.74, 6) is -0.300. The molecule has 0 aromatic heterocycles. The summed E-state index contributed by atoms with van der Waals surface area (Å²) in [6, 6.07) is 0. The van der Waals surface area contributed by atoms with Crippen molar-refractivity contribution in [1.29, 1.82) is 0 Å². The van der Waals surface area contributed by atoms with Gasteiger partial charge < -0.3 is 5.73 Å². The molecule has 0 aliphatic heterocycles. The predicted octanol–water partition coefficient (Wildman–Crippen LogP) is 1.55. The third-order valence-electron chi connectivity index (χ3n) is 2.14. The fourth-order valence-electron chi connectivity index (χ4n) is 1.49. The lowest BCUT2D eigenvalue weighted by Crippen LogP contribution is -2.32. The highest BCUT2D eigenvalue weighted by molar-refractivity contribution is 5.84. The molecule has 1 atom stereocenters. The van der Waals surface area contributed by atoms with Gasteiger partial charge >= 0.3 is 0 Å². The van der Waals surface area contributed by atoms with Gasteiger partial charge in [-0.2, -0.15) is 0 Å². The molecule has 1 amide bonds. The van der Waals surface area contributed by atoms with Crippen LogP contribution >= 0.6 is 0 Å². The maximum absolute atomic E-state index is 10.8. The highest BCUT2D eigenvalue weighted by Gasteiger charge is 2.32. The molecular weight excluding hydrogens is 150 g/mol. The Balaban J connectivity index is 2.78. The first-order valence-corrected chi connectivity index (χ1v) is 3.98. The number of hydrogen-bond acceptors (Lipinski definition) is 1. The largest absolute Gasteiger partial charge is 0.369 e. The summed E-state index contributed by atoms with van der Waals surface area (Å²) in [7, 11) is 0. The minimum atomic E-state index is -0.232. The number of amides is 1. The number of carbonyl (C=O) groups excluding carboxylic acids is 1. The minimum absolute atomic E-state index is 0.0683. The van der Waals surface area contributed by atoms with Crippen LogP contribution in [-0.4, -0.2) is 5.91 Å². The van der Waals surface area contributed by atoms with Crippen molar-refractivity contribution < 1.29 is 4.79 Å². The van der Waals surface area contributed by atoms with Gasteiger partial charge in [-0.15, -0.1) is 0 Å². The van der Waals surface area contributed by atoms with Gasteiger partial charge in [0.2, 0.25) is 5.91 Å². The molecule has 1 saturated carbocycles. The number of carbonyl (C=O) groups is 1. The first kappa shape index (κ1) is 8.78. The van der Waals surface area contributed by atoms with Gasteiger partial charge in [-0.3, -0.25) is 4.79 Å². The molecule has 0 spiro atoms. The fourth-order valence-corrected chi connectivity index (χ4v) is 1.49. The Hall–Kier alpha value is -1.31. The van der Waals surface area contributed by atoms with Crippen LogP contribution in [0.1, 0.15) is 13.3 Å². The zero-order chi connectivity index (χ0) is 9.14. The molecule has 12 heavy (non-hydrogen) atoms. The van der Waals surface area contributed by atoms with Crippen molar-refractivity contribution in [3.05, 3.63) is 36.0 Å². The van der Waals surface area contributed by atoms with Crippen molar-refractivity contribution in [3.63, 3.8) is 0 Å². The number of primary amides is 1. The molecule has 1 rings (SSSR count). The molecule has 2 nitrogen and oxygen atoms in total. The third-order valence-corrected chi connectivity index (χ3v) is 2.14. The molecule has 2 N–H and O–H groups in total. The Kier molecular flexibility index (Phi) is 2.48. The quantitative estimate of drug-likeness (QED) is 0.659. The van der Waals surface area contributed by atoms with Gasteiger partial charge in [0, 0.05) is 0 Å². The van der Waals surface area contributed by atoms with Crippen molar-refractivity contribution in [2.24, 2.45) is 11.7 Å². The minimum Gasteiger partial charge on any atom is -0.369 e. The van der Waals surface area contributed by atoms with Crippen LogP contribution in [0.15, 0.2) is 36.0 Å². The lowest BCUT2D eigenvalue weighted by molar-refractivity contribution is -0.121. The average Bonchev–Trinajstić information content (AvgIpc) is 1.97. The van der Waals surface area contributed by atoms with Crippen LogP contribution in [0.4, 0.5) is 0 Å². The van der Waals surface area contributed by atoms with E-state index in [2.05, 4.69) is 6.58 Å². The Bertz CT molecular complexity index is 274. The van der Waals surface area contributed by atoms with E-state index in [1.165, 1.54) is 5.57 Å². The van der Waals surface area contributed by atoms with E-state index in [9.17, 15) is 4.79 Å². The topological polar surface area (TPSA) is 43.1 Å². The molecule has 1 aliphatic carbocycles. The fraction of sp³-hybridized carbons (Fsp3) is 0.300. The predicted molar refractivity (Wildman–Crippen MR) is 49.3 cm³/mol. The number of hydrogen-bond donors (Lipinski definition) is 1. The molecule has 1 fully saturated rings. The zero-order valence-electron chi connectivity index (χ0n) is 7.21. The maximum atomic E-state index is 10.8. The van der Waals surface area contributed by atoms with Gasteiger partial charge in [0.1, 0.15) is 0 Å². The second-order valence-corrected chi connectivity index (χ2v) is 2.83. The molecule has 0 radical (unpaired) electrons. The Morgan fingerprint density at radius 1 is 1.75 bits per heavy atom. The Morgan fingerprint density at radius 2 is 2.42 bits per heavy atom. The summed E-state index contributed by atoms with van der Waals surface area (Å²) >= 11 is 0. The molecule has 2 heteroatoms. The summed E-state index contributed by atoms with van der Waals surface area (Å²) < 4.78 is 0. The molecule has 64 valence electrons. The van der Waals surface area contributed by atoms with Gasteiger partial charge in [-0.1, -0.05) is 24.8 Å². The van der Waals surface area contributed by atoms with Gasteiger partial charge in [0.05, 0.1) is 5.92 Å². The summed E-state index contributed by atoms with van der Waals surface area (Å²) in [4.78, 5) is 10.8. The molecule has 0 heterocycles. The first-order chi connectivity index (χ1) is 5.70. The van der Waals surface area contributed by atoms with Crippen LogP contribution in [-0.2, 0) is 4.79 Å². The zero-order valence-corrected chi connectivity index (χ0v) is 7.21. The molecular formula is C10H13NO. The standard InChI is InChI=1S/C10H13NO/c1-3-5-7-6-9(10(11)12)8(7)4-2/h3-5,9H,1,6H2,2H3,(H2,11,12)/b7-5-,8-4+. The summed E-state index contributed by atoms with van der Waals surface area (Å²) in [5.41, 5.74) is 7.42. The van der Waals surface area contributed by atoms with E-state index in [0.717, 1.165) is 12.0 Å². The molecule has 0 aromatic carbocycles. The molecule has 0 saturated heterocycles. The van der Waals surface area contributed by atoms with Crippen LogP contribution in [0, 0.1) is 5.92 Å². The van der Waals surface area contributed by atoms with Crippen molar-refractivity contribution in [2.75, 3.05) is 0 Å². The smallest absolute Gasteiger partial charge is 0.225 e. The van der Waals surface area contributed by atoms with Crippen molar-refractivity contribution in [3.8, 4) is 0 Å². The maximum Gasteiger partial charge on any atom is 0.225 e. The van der Waals surface area contributed by atoms with E-state index in [-0.39, 0.29) is 11.8 Å². The lowest BCUT2D eigenvalue weighted by atomic mass is 9.74. The van der Waals surface area contributed by atoms with Crippen molar-refractivity contribution in [1.82, 2.24) is 0 Å². The second kappa shape index (κ2) is 3.39. The van der Waals surface area contributed by atoms with E-state index in [4.69, 9.17) is 5.73 Å². The monoisotopic (exact) mass is 163 g/mol. The van der Waals surface area contributed by atoms with Crippen molar-refractivity contribution in [2.45, 2.75) is 13.3 Å². The summed E-state index contributed by atoms with van der Waals surface area (Å²) in [6.07, 6.45) is 6.36. The third kappa shape index (κ3) is 1.33. The van der Waals surface area contributed by atoms with Crippen LogP contribution in [0.25, 0.3) is 0 Å². The van der Waals surface area contributed by atoms with Crippen molar-refractivity contribution >= 4 is 5.91 Å². The average molecular weight is 163 g/mol. The Labute approximate surface area is 72.5 Å². The summed E-state index contributed by atoms with van der Waals surface area (Å²) in [5, 5.41) is 0. The second-order valence-electron chi connectivity index (χ2n) is 2.83. The summed E-state index contributed by atoms with van der Waals surface area (Å²) in [6.45, 7) is 5.52. The SMILES string of the molecule is C=C/C=C1/CC(C(N)=O)/C1=C/C. The molecule has 0 bridgehead atoms. The van der Waals surface area contributed by atoms with E-state index in [0.29, 0.717) is 0 Å². The molecule has 1 aliphatic rings. The highest BCUT2D eigenvalue weighted by atomic mass is 16.1. The molecule has 1 unspecified atom stereocenters. The molecule has 0 aromatic rings. The van der Waals surface area contributed by atoms with E-state index in [1.54, 1.807) is 6.08 Å². The van der Waals surface area contributed by atoms with Gasteiger partial charge in [0.25, 0.3) is 0 Å². The van der Waals surface area contributed by atoms with Gasteiger partial charge in [0.15, 0.2) is 0 Å². The van der Waals surface area contributed by atoms with Gasteiger partial charge in [-0.25, -0.2) is 0 Å². The highest BCUT2D eigenvalue weighted by Crippen LogP contribution is 2.38. The van der Waals surface area contributed by atoms with E-state index in [1.807, 2.05) is 19.1 Å². The van der Waals surface area contributed by atoms with Crippen LogP contribution in [0.2, 0.25) is 0 Å². The van der Waals surface area contributed by atoms with Crippen LogP contribution < -0.4 is 5.73 Å². The van der Waals surface area contributed by atoms with E-state index < -0.39 is 0 Å². The Morgan fingerprint density at radius 3 is 2.83 bits per heavy atom. The lowest BCUT2D eigenvalue weighted by Gasteiger charge is -2.30. The van der Waals surface area contributed by atoms with Crippen LogP contribution in [0.5, 0.6) is 0 Å². The number of nitrogens with two attached hydrogens (primary N) is 1. The van der Waals surface area contributed by atoms with Gasteiger partial charge in [-0.05, 0) is 24.5 Å². The number of rotatable bonds is 2. The first-order valence-electron chi connectivity index (χ1n) is 3.98.